The molecule has 2 heterocycles. The molecule has 1 aromatic carbocycles. The fraction of sp³-hybridized carbons (Fsp3) is 0.500. The predicted molar refractivity (Wildman–Crippen MR) is 74.7 cm³/mol. The highest BCUT2D eigenvalue weighted by Gasteiger charge is 2.45. The van der Waals surface area contributed by atoms with Gasteiger partial charge in [0.2, 0.25) is 0 Å². The third kappa shape index (κ3) is 1.94. The van der Waals surface area contributed by atoms with Gasteiger partial charge in [0.05, 0.1) is 24.9 Å². The van der Waals surface area contributed by atoms with Gasteiger partial charge in [0.15, 0.2) is 5.96 Å². The van der Waals surface area contributed by atoms with Crippen LogP contribution in [0.1, 0.15) is 12.8 Å². The van der Waals surface area contributed by atoms with Crippen molar-refractivity contribution in [2.75, 3.05) is 31.8 Å². The van der Waals surface area contributed by atoms with Crippen molar-refractivity contribution in [3.05, 3.63) is 24.3 Å². The molecule has 0 aromatic heterocycles. The van der Waals surface area contributed by atoms with Gasteiger partial charge in [-0.05, 0) is 25.0 Å². The van der Waals surface area contributed by atoms with Gasteiger partial charge in [-0.1, -0.05) is 12.1 Å². The number of hydrogen-bond acceptors (Lipinski definition) is 5. The van der Waals surface area contributed by atoms with Crippen LogP contribution in [0.15, 0.2) is 29.3 Å². The topological polar surface area (TPSA) is 60.1 Å². The minimum absolute atomic E-state index is 0.0447. The second-order valence-electron chi connectivity index (χ2n) is 5.02. The standard InChI is InChI=1S/C14H19N3O2/c1-18-12-5-3-2-4-11(12)17-13(15)16-10-14(17)6-8-19-9-7-14/h2-5H,6-10H2,1H3,(H2,15,16). The van der Waals surface area contributed by atoms with Crippen molar-refractivity contribution in [3.8, 4) is 5.75 Å². The van der Waals surface area contributed by atoms with Gasteiger partial charge < -0.3 is 20.1 Å². The summed E-state index contributed by atoms with van der Waals surface area (Å²) in [7, 11) is 1.68. The van der Waals surface area contributed by atoms with E-state index in [-0.39, 0.29) is 5.54 Å². The van der Waals surface area contributed by atoms with Crippen LogP contribution in [0.2, 0.25) is 0 Å². The quantitative estimate of drug-likeness (QED) is 0.873. The molecule has 1 aromatic rings. The van der Waals surface area contributed by atoms with Crippen molar-refractivity contribution >= 4 is 11.6 Å². The lowest BCUT2D eigenvalue weighted by atomic mass is 9.88. The van der Waals surface area contributed by atoms with E-state index in [1.165, 1.54) is 0 Å². The van der Waals surface area contributed by atoms with E-state index in [2.05, 4.69) is 9.89 Å². The Hall–Kier alpha value is -1.75. The van der Waals surface area contributed by atoms with Crippen molar-refractivity contribution < 1.29 is 9.47 Å². The number of rotatable bonds is 2. The van der Waals surface area contributed by atoms with Gasteiger partial charge in [0.1, 0.15) is 5.75 Å². The first-order valence-electron chi connectivity index (χ1n) is 6.58. The average molecular weight is 261 g/mol. The first-order valence-corrected chi connectivity index (χ1v) is 6.58. The summed E-state index contributed by atoms with van der Waals surface area (Å²) in [5.74, 6) is 1.40. The van der Waals surface area contributed by atoms with Crippen LogP contribution < -0.4 is 15.4 Å². The fourth-order valence-electron chi connectivity index (χ4n) is 2.94. The fourth-order valence-corrected chi connectivity index (χ4v) is 2.94. The summed E-state index contributed by atoms with van der Waals surface area (Å²) in [5, 5.41) is 0. The van der Waals surface area contributed by atoms with E-state index in [1.54, 1.807) is 7.11 Å². The molecular formula is C14H19N3O2. The zero-order valence-corrected chi connectivity index (χ0v) is 11.1. The van der Waals surface area contributed by atoms with Crippen molar-refractivity contribution in [3.63, 3.8) is 0 Å². The number of ether oxygens (including phenoxy) is 2. The second-order valence-corrected chi connectivity index (χ2v) is 5.02. The lowest BCUT2D eigenvalue weighted by molar-refractivity contribution is 0.0593. The zero-order valence-electron chi connectivity index (χ0n) is 11.1. The predicted octanol–water partition coefficient (Wildman–Crippen LogP) is 1.38. The molecular weight excluding hydrogens is 242 g/mol. The van der Waals surface area contributed by atoms with Crippen LogP contribution in [-0.2, 0) is 4.74 Å². The molecule has 0 saturated carbocycles. The van der Waals surface area contributed by atoms with Gasteiger partial charge in [-0.2, -0.15) is 0 Å². The minimum atomic E-state index is -0.0447. The summed E-state index contributed by atoms with van der Waals surface area (Å²) in [6.45, 7) is 2.25. The van der Waals surface area contributed by atoms with Crippen molar-refractivity contribution in [2.45, 2.75) is 18.4 Å². The number of nitrogens with two attached hydrogens (primary N) is 1. The molecule has 0 atom stereocenters. The summed E-state index contributed by atoms with van der Waals surface area (Å²) in [6, 6.07) is 7.94. The van der Waals surface area contributed by atoms with Crippen LogP contribution >= 0.6 is 0 Å². The number of benzene rings is 1. The summed E-state index contributed by atoms with van der Waals surface area (Å²) in [5.41, 5.74) is 7.07. The Morgan fingerprint density at radius 1 is 1.32 bits per heavy atom. The maximum absolute atomic E-state index is 6.12. The Bertz CT molecular complexity index is 495. The van der Waals surface area contributed by atoms with Crippen molar-refractivity contribution in [1.82, 2.24) is 0 Å². The van der Waals surface area contributed by atoms with Gasteiger partial charge in [0, 0.05) is 13.2 Å². The van der Waals surface area contributed by atoms with E-state index in [0.717, 1.165) is 44.0 Å². The van der Waals surface area contributed by atoms with Gasteiger partial charge >= 0.3 is 0 Å². The highest BCUT2D eigenvalue weighted by atomic mass is 16.5. The summed E-state index contributed by atoms with van der Waals surface area (Å²) >= 11 is 0. The molecule has 5 heteroatoms. The lowest BCUT2D eigenvalue weighted by Crippen LogP contribution is -2.55. The van der Waals surface area contributed by atoms with E-state index in [9.17, 15) is 0 Å². The SMILES string of the molecule is COc1ccccc1N1C(N)=NCC12CCOCC2. The zero-order chi connectivity index (χ0) is 13.3. The van der Waals surface area contributed by atoms with E-state index < -0.39 is 0 Å². The second kappa shape index (κ2) is 4.74. The van der Waals surface area contributed by atoms with Crippen LogP contribution in [0.5, 0.6) is 5.75 Å². The summed E-state index contributed by atoms with van der Waals surface area (Å²) < 4.78 is 10.9. The number of guanidine groups is 1. The number of para-hydroxylation sites is 2. The maximum Gasteiger partial charge on any atom is 0.196 e. The van der Waals surface area contributed by atoms with Gasteiger partial charge in [0.25, 0.3) is 0 Å². The molecule has 3 rings (SSSR count). The number of hydrogen-bond donors (Lipinski definition) is 1. The van der Waals surface area contributed by atoms with Crippen molar-refractivity contribution in [2.24, 2.45) is 10.7 Å². The molecule has 19 heavy (non-hydrogen) atoms. The molecule has 0 radical (unpaired) electrons. The Balaban J connectivity index is 2.02. The number of anilines is 1. The Morgan fingerprint density at radius 2 is 2.05 bits per heavy atom. The normalized spacial score (nSPS) is 21.5. The summed E-state index contributed by atoms with van der Waals surface area (Å²) in [6.07, 6.45) is 1.88. The van der Waals surface area contributed by atoms with Crippen LogP contribution in [-0.4, -0.2) is 38.4 Å². The van der Waals surface area contributed by atoms with Gasteiger partial charge in [-0.3, -0.25) is 4.99 Å². The van der Waals surface area contributed by atoms with Crippen LogP contribution in [0.4, 0.5) is 5.69 Å². The molecule has 0 unspecified atom stereocenters. The molecule has 2 N–H and O–H groups in total. The first kappa shape index (κ1) is 12.3. The molecule has 102 valence electrons. The highest BCUT2D eigenvalue weighted by molar-refractivity contribution is 5.99. The number of methoxy groups -OCH3 is 1. The molecule has 1 spiro atoms. The molecule has 2 aliphatic heterocycles. The van der Waals surface area contributed by atoms with E-state index in [4.69, 9.17) is 15.2 Å². The largest absolute Gasteiger partial charge is 0.495 e. The molecule has 5 nitrogen and oxygen atoms in total. The Labute approximate surface area is 113 Å². The van der Waals surface area contributed by atoms with E-state index in [1.807, 2.05) is 24.3 Å². The van der Waals surface area contributed by atoms with Crippen LogP contribution in [0, 0.1) is 0 Å². The van der Waals surface area contributed by atoms with Gasteiger partial charge in [-0.25, -0.2) is 0 Å². The third-order valence-electron chi connectivity index (χ3n) is 3.99. The highest BCUT2D eigenvalue weighted by Crippen LogP contribution is 2.40. The molecule has 1 fully saturated rings. The molecule has 0 amide bonds. The molecule has 1 saturated heterocycles. The Morgan fingerprint density at radius 3 is 2.79 bits per heavy atom. The molecule has 0 aliphatic carbocycles. The third-order valence-corrected chi connectivity index (χ3v) is 3.99. The maximum atomic E-state index is 6.12. The average Bonchev–Trinajstić information content (AvgIpc) is 2.76. The smallest absolute Gasteiger partial charge is 0.196 e. The van der Waals surface area contributed by atoms with E-state index >= 15 is 0 Å². The number of aliphatic imine (C=N–C) groups is 1. The minimum Gasteiger partial charge on any atom is -0.495 e. The monoisotopic (exact) mass is 261 g/mol. The van der Waals surface area contributed by atoms with E-state index in [0.29, 0.717) is 5.96 Å². The van der Waals surface area contributed by atoms with Gasteiger partial charge in [-0.15, -0.1) is 0 Å². The van der Waals surface area contributed by atoms with Crippen LogP contribution in [0.3, 0.4) is 0 Å². The number of nitrogens with zero attached hydrogens (tertiary/aromatic N) is 2. The molecule has 2 aliphatic rings. The Kier molecular flexibility index (Phi) is 3.06. The van der Waals surface area contributed by atoms with Crippen LogP contribution in [0.25, 0.3) is 0 Å². The lowest BCUT2D eigenvalue weighted by Gasteiger charge is -2.42. The molecule has 0 bridgehead atoms. The summed E-state index contributed by atoms with van der Waals surface area (Å²) in [4.78, 5) is 6.59. The first-order chi connectivity index (χ1) is 9.27. The van der Waals surface area contributed by atoms with Crippen molar-refractivity contribution in [1.29, 1.82) is 0 Å².